The lowest BCUT2D eigenvalue weighted by Gasteiger charge is -2.30. The summed E-state index contributed by atoms with van der Waals surface area (Å²) in [5.41, 5.74) is 5.01. The van der Waals surface area contributed by atoms with Gasteiger partial charge >= 0.3 is 23.9 Å². The molecule has 0 radical (unpaired) electrons. The third-order valence-electron chi connectivity index (χ3n) is 12.5. The van der Waals surface area contributed by atoms with Gasteiger partial charge in [-0.15, -0.1) is 0 Å². The van der Waals surface area contributed by atoms with Crippen LogP contribution in [0, 0.1) is 0 Å². The van der Waals surface area contributed by atoms with Gasteiger partial charge in [0.2, 0.25) is 0 Å². The van der Waals surface area contributed by atoms with Gasteiger partial charge in [-0.05, 0) is 120 Å². The molecule has 0 aromatic heterocycles. The minimum absolute atomic E-state index is 0.123. The second-order valence-electron chi connectivity index (χ2n) is 17.7. The number of ether oxygens (including phenoxy) is 4. The molecular formula is C64H39Cl3N4O8. The zero-order valence-corrected chi connectivity index (χ0v) is 43.5. The smallest absolute Gasteiger partial charge is 0.343 e. The maximum atomic E-state index is 13.5. The molecule has 2 aliphatic heterocycles. The van der Waals surface area contributed by atoms with Crippen LogP contribution in [-0.2, 0) is 0 Å². The van der Waals surface area contributed by atoms with Crippen LogP contribution in [0.25, 0.3) is 0 Å². The van der Waals surface area contributed by atoms with Gasteiger partial charge in [-0.2, -0.15) is 0 Å². The molecule has 2 heterocycles. The zero-order valence-electron chi connectivity index (χ0n) is 41.2. The maximum Gasteiger partial charge on any atom is 0.343 e. The van der Waals surface area contributed by atoms with Crippen molar-refractivity contribution in [2.75, 3.05) is 4.90 Å². The number of esters is 4. The first-order chi connectivity index (χ1) is 38.5. The van der Waals surface area contributed by atoms with Gasteiger partial charge < -0.3 is 23.8 Å². The summed E-state index contributed by atoms with van der Waals surface area (Å²) in [5.74, 6) is -0.392. The Morgan fingerprint density at radius 1 is 0.380 bits per heavy atom. The van der Waals surface area contributed by atoms with E-state index in [9.17, 15) is 19.2 Å². The van der Waals surface area contributed by atoms with Crippen LogP contribution in [0.2, 0.25) is 15.1 Å². The summed E-state index contributed by atoms with van der Waals surface area (Å²) in [6, 6.07) is 64.4. The Morgan fingerprint density at radius 2 is 0.696 bits per heavy atom. The fourth-order valence-electron chi connectivity index (χ4n) is 8.73. The Hall–Kier alpha value is -9.72. The summed E-state index contributed by atoms with van der Waals surface area (Å²) in [6.07, 6.45) is 0. The number of halogens is 3. The molecule has 384 valence electrons. The summed E-state index contributed by atoms with van der Waals surface area (Å²) in [7, 11) is 0. The third-order valence-corrected chi connectivity index (χ3v) is 13.3. The highest BCUT2D eigenvalue weighted by molar-refractivity contribution is 6.55. The molecule has 1 unspecified atom stereocenters. The summed E-state index contributed by atoms with van der Waals surface area (Å²) in [5, 5.41) is 0.612. The molecule has 0 saturated heterocycles. The van der Waals surface area contributed by atoms with Crippen molar-refractivity contribution in [3.63, 3.8) is 0 Å². The summed E-state index contributed by atoms with van der Waals surface area (Å²) >= 11 is 20.9. The molecule has 0 aliphatic carbocycles. The van der Waals surface area contributed by atoms with Crippen LogP contribution in [0.15, 0.2) is 257 Å². The molecule has 1 atom stereocenters. The van der Waals surface area contributed by atoms with Crippen molar-refractivity contribution >= 4 is 81.5 Å². The van der Waals surface area contributed by atoms with Gasteiger partial charge in [0, 0.05) is 16.1 Å². The first kappa shape index (κ1) is 51.4. The molecule has 0 N–H and O–H groups in total. The van der Waals surface area contributed by atoms with Crippen molar-refractivity contribution < 1.29 is 38.1 Å². The Kier molecular flexibility index (Phi) is 14.9. The van der Waals surface area contributed by atoms with Gasteiger partial charge in [0.05, 0.1) is 55.1 Å². The lowest BCUT2D eigenvalue weighted by Crippen LogP contribution is -2.29. The molecular weight excluding hydrogens is 1060 g/mol. The van der Waals surface area contributed by atoms with E-state index in [0.29, 0.717) is 68.1 Å². The Bertz CT molecular complexity index is 3780. The van der Waals surface area contributed by atoms with Gasteiger partial charge in [0.1, 0.15) is 29.0 Å². The number of rotatable bonds is 13. The highest BCUT2D eigenvalue weighted by Gasteiger charge is 2.41. The van der Waals surface area contributed by atoms with E-state index in [0.717, 1.165) is 0 Å². The van der Waals surface area contributed by atoms with E-state index >= 15 is 0 Å². The molecule has 15 heteroatoms. The highest BCUT2D eigenvalue weighted by Crippen LogP contribution is 2.48. The standard InChI is InChI=1S/C64H39Cl3N4O8/c65-47-37-52(66)58(53(67)38-47)71-57(42-27-35-46(36-28-42)64(75)79-51-19-11-4-12-20-51)56(41-25-33-45(34-26-41)63(74)78-50-17-9-3-10-18-50)70-60(71)59-68-54(39-21-29-43(30-22-39)61(72)76-48-13-5-1-6-14-48)55(69-59)40-23-31-44(32-24-40)62(73)77-49-15-7-2-8-16-49/h1-38,57H. The monoisotopic (exact) mass is 1100 g/mol. The first-order valence-corrected chi connectivity index (χ1v) is 25.6. The molecule has 9 aromatic carbocycles. The lowest BCUT2D eigenvalue weighted by atomic mass is 9.94. The lowest BCUT2D eigenvalue weighted by molar-refractivity contribution is 0.0725. The molecule has 2 aliphatic rings. The summed E-state index contributed by atoms with van der Waals surface area (Å²) < 4.78 is 22.6. The first-order valence-electron chi connectivity index (χ1n) is 24.5. The fraction of sp³-hybridized carbons (Fsp3) is 0.0156. The second kappa shape index (κ2) is 22.9. The van der Waals surface area contributed by atoms with Crippen LogP contribution < -0.4 is 23.8 Å². The number of benzene rings is 9. The van der Waals surface area contributed by atoms with E-state index in [-0.39, 0.29) is 49.0 Å². The zero-order chi connectivity index (χ0) is 54.4. The molecule has 12 nitrogen and oxygen atoms in total. The van der Waals surface area contributed by atoms with Crippen molar-refractivity contribution in [2.24, 2.45) is 15.0 Å². The van der Waals surface area contributed by atoms with E-state index in [4.69, 9.17) is 68.7 Å². The van der Waals surface area contributed by atoms with E-state index in [1.807, 2.05) is 24.3 Å². The van der Waals surface area contributed by atoms with E-state index in [1.54, 1.807) is 211 Å². The van der Waals surface area contributed by atoms with Crippen LogP contribution >= 0.6 is 34.8 Å². The molecule has 0 fully saturated rings. The van der Waals surface area contributed by atoms with Crippen LogP contribution in [0.3, 0.4) is 0 Å². The van der Waals surface area contributed by atoms with Gasteiger partial charge in [-0.25, -0.2) is 34.2 Å². The normalized spacial score (nSPS) is 13.7. The molecule has 11 rings (SSSR count). The Balaban J connectivity index is 1.06. The molecule has 0 bridgehead atoms. The fourth-order valence-corrected chi connectivity index (χ4v) is 9.73. The quantitative estimate of drug-likeness (QED) is 0.0813. The molecule has 79 heavy (non-hydrogen) atoms. The number of para-hydroxylation sites is 4. The Labute approximate surface area is 467 Å². The number of hydrogen-bond donors (Lipinski definition) is 0. The average Bonchev–Trinajstić information content (AvgIpc) is 4.33. The van der Waals surface area contributed by atoms with Crippen molar-refractivity contribution in [1.82, 2.24) is 0 Å². The van der Waals surface area contributed by atoms with E-state index in [2.05, 4.69) is 0 Å². The van der Waals surface area contributed by atoms with Crippen molar-refractivity contribution in [2.45, 2.75) is 6.04 Å². The molecule has 0 spiro atoms. The van der Waals surface area contributed by atoms with Crippen LogP contribution in [-0.4, -0.2) is 41.0 Å². The number of anilines is 1. The largest absolute Gasteiger partial charge is 0.423 e. The van der Waals surface area contributed by atoms with E-state index in [1.165, 1.54) is 0 Å². The number of hydrogen-bond acceptors (Lipinski definition) is 12. The van der Waals surface area contributed by atoms with Gasteiger partial charge in [-0.3, -0.25) is 0 Å². The Morgan fingerprint density at radius 3 is 1.04 bits per heavy atom. The third kappa shape index (κ3) is 11.4. The summed E-state index contributed by atoms with van der Waals surface area (Å²) in [6.45, 7) is 0. The van der Waals surface area contributed by atoms with Gasteiger partial charge in [0.25, 0.3) is 0 Å². The SMILES string of the molecule is O=C(Oc1ccccc1)c1ccc(C2=NC(=C3N=C(c4ccc(C(=O)Oc5ccccc5)cc4)C(c4ccc(C(=O)Oc5ccccc5)cc4)N3c3c(Cl)cc(Cl)cc3Cl)N=C2c2ccc(C(=O)Oc3ccccc3)cc2)cc1. The molecule has 0 amide bonds. The minimum Gasteiger partial charge on any atom is -0.423 e. The van der Waals surface area contributed by atoms with Crippen LogP contribution in [0.4, 0.5) is 5.69 Å². The maximum absolute atomic E-state index is 13.5. The number of carbonyl (C=O) groups is 4. The second-order valence-corrected chi connectivity index (χ2v) is 19.0. The highest BCUT2D eigenvalue weighted by atomic mass is 35.5. The van der Waals surface area contributed by atoms with Crippen molar-refractivity contribution in [1.29, 1.82) is 0 Å². The molecule has 0 saturated carbocycles. The minimum atomic E-state index is -0.859. The van der Waals surface area contributed by atoms with E-state index < -0.39 is 29.9 Å². The van der Waals surface area contributed by atoms with Crippen molar-refractivity contribution in [3.8, 4) is 23.0 Å². The number of carbonyl (C=O) groups excluding carboxylic acids is 4. The number of aliphatic imine (C=N–C) groups is 3. The van der Waals surface area contributed by atoms with Crippen molar-refractivity contribution in [3.05, 3.63) is 302 Å². The predicted octanol–water partition coefficient (Wildman–Crippen LogP) is 14.7. The summed E-state index contributed by atoms with van der Waals surface area (Å²) in [4.78, 5) is 71.2. The van der Waals surface area contributed by atoms with Crippen LogP contribution in [0.1, 0.15) is 69.7 Å². The van der Waals surface area contributed by atoms with Gasteiger partial charge in [0.15, 0.2) is 11.6 Å². The molecule has 9 aromatic rings. The topological polar surface area (TPSA) is 146 Å². The van der Waals surface area contributed by atoms with Crippen LogP contribution in [0.5, 0.6) is 23.0 Å². The average molecular weight is 1100 g/mol. The van der Waals surface area contributed by atoms with Gasteiger partial charge in [-0.1, -0.05) is 156 Å². The predicted molar refractivity (Wildman–Crippen MR) is 305 cm³/mol. The number of nitrogens with zero attached hydrogens (tertiary/aromatic N) is 4.